The molecule has 3 heterocycles. The Morgan fingerprint density at radius 1 is 0.780 bits per heavy atom. The largest absolute Gasteiger partial charge is 0.340 e. The van der Waals surface area contributed by atoms with E-state index in [1.165, 1.54) is 12.1 Å². The number of rotatable bonds is 7. The lowest BCUT2D eigenvalue weighted by atomic mass is 10.0. The van der Waals surface area contributed by atoms with Crippen molar-refractivity contribution in [2.45, 2.75) is 19.9 Å². The number of carbonyl (C=O) groups is 2. The van der Waals surface area contributed by atoms with E-state index >= 15 is 0 Å². The minimum atomic E-state index is -0.296. The molecule has 7 heteroatoms. The van der Waals surface area contributed by atoms with Crippen molar-refractivity contribution < 1.29 is 14.0 Å². The lowest BCUT2D eigenvalue weighted by Crippen LogP contribution is -2.48. The van der Waals surface area contributed by atoms with Crippen molar-refractivity contribution in [3.05, 3.63) is 120 Å². The first kappa shape index (κ1) is 26.6. The maximum absolute atomic E-state index is 13.2. The smallest absolute Gasteiger partial charge is 0.227 e. The Kier molecular flexibility index (Phi) is 7.44. The third-order valence-electron chi connectivity index (χ3n) is 7.76. The zero-order valence-corrected chi connectivity index (χ0v) is 23.0. The van der Waals surface area contributed by atoms with E-state index in [9.17, 15) is 14.0 Å². The summed E-state index contributed by atoms with van der Waals surface area (Å²) in [5, 5.41) is 0. The molecule has 0 saturated carbocycles. The molecule has 1 fully saturated rings. The van der Waals surface area contributed by atoms with Crippen LogP contribution in [0.5, 0.6) is 0 Å². The van der Waals surface area contributed by atoms with Gasteiger partial charge in [-0.25, -0.2) is 9.37 Å². The number of nitrogens with zero attached hydrogens (tertiary/aromatic N) is 4. The standard InChI is InChI=1S/C34H31FN4O2/c1-24(40)26-9-11-27(12-10-26)29-13-16-32-36-34(28-5-3-2-4-6-28)31(39(32)22-29)23-37-17-19-38(20-18-37)33(41)21-25-7-14-30(35)15-8-25/h2-16,22H,17-21,23H2,1H3. The minimum Gasteiger partial charge on any atom is -0.340 e. The van der Waals surface area contributed by atoms with Gasteiger partial charge in [0, 0.05) is 50.0 Å². The quantitative estimate of drug-likeness (QED) is 0.239. The molecule has 0 atom stereocenters. The average Bonchev–Trinajstić information content (AvgIpc) is 3.36. The Hall–Kier alpha value is -4.62. The number of Topliss-reactive ketones (excluding diaryl/α,β-unsaturated/α-hetero) is 1. The number of hydrogen-bond donors (Lipinski definition) is 0. The van der Waals surface area contributed by atoms with Gasteiger partial charge < -0.3 is 9.30 Å². The summed E-state index contributed by atoms with van der Waals surface area (Å²) in [5.74, 6) is -0.180. The summed E-state index contributed by atoms with van der Waals surface area (Å²) in [7, 11) is 0. The molecule has 1 saturated heterocycles. The maximum Gasteiger partial charge on any atom is 0.227 e. The van der Waals surface area contributed by atoms with E-state index in [2.05, 4.69) is 33.7 Å². The summed E-state index contributed by atoms with van der Waals surface area (Å²) in [6.45, 7) is 5.06. The van der Waals surface area contributed by atoms with Gasteiger partial charge in [0.05, 0.1) is 17.8 Å². The summed E-state index contributed by atoms with van der Waals surface area (Å²) < 4.78 is 15.4. The van der Waals surface area contributed by atoms with E-state index in [4.69, 9.17) is 4.98 Å². The van der Waals surface area contributed by atoms with Crippen molar-refractivity contribution in [1.29, 1.82) is 0 Å². The Morgan fingerprint density at radius 2 is 1.46 bits per heavy atom. The second-order valence-electron chi connectivity index (χ2n) is 10.5. The number of hydrogen-bond acceptors (Lipinski definition) is 4. The van der Waals surface area contributed by atoms with Gasteiger partial charge in [-0.2, -0.15) is 0 Å². The molecule has 0 radical (unpaired) electrons. The lowest BCUT2D eigenvalue weighted by Gasteiger charge is -2.35. The summed E-state index contributed by atoms with van der Waals surface area (Å²) in [6, 6.07) is 28.1. The fraction of sp³-hybridized carbons (Fsp3) is 0.206. The van der Waals surface area contributed by atoms with E-state index in [0.29, 0.717) is 25.2 Å². The van der Waals surface area contributed by atoms with Crippen LogP contribution in [0.25, 0.3) is 28.0 Å². The molecule has 1 aliphatic rings. The highest BCUT2D eigenvalue weighted by atomic mass is 19.1. The molecule has 0 bridgehead atoms. The van der Waals surface area contributed by atoms with Crippen molar-refractivity contribution in [3.8, 4) is 22.4 Å². The Morgan fingerprint density at radius 3 is 2.15 bits per heavy atom. The van der Waals surface area contributed by atoms with Crippen LogP contribution in [0.2, 0.25) is 0 Å². The van der Waals surface area contributed by atoms with Crippen LogP contribution >= 0.6 is 0 Å². The van der Waals surface area contributed by atoms with Gasteiger partial charge in [0.15, 0.2) is 5.78 Å². The van der Waals surface area contributed by atoms with Gasteiger partial charge in [-0.3, -0.25) is 14.5 Å². The maximum atomic E-state index is 13.2. The number of piperazine rings is 1. The number of pyridine rings is 1. The zero-order chi connectivity index (χ0) is 28.3. The molecule has 6 nitrogen and oxygen atoms in total. The van der Waals surface area contributed by atoms with E-state index < -0.39 is 0 Å². The number of imidazole rings is 1. The SMILES string of the molecule is CC(=O)c1ccc(-c2ccc3nc(-c4ccccc4)c(CN4CCN(C(=O)Cc5ccc(F)cc5)CC4)n3c2)cc1. The fourth-order valence-electron chi connectivity index (χ4n) is 5.40. The first-order chi connectivity index (χ1) is 19.9. The van der Waals surface area contributed by atoms with Crippen molar-refractivity contribution in [3.63, 3.8) is 0 Å². The van der Waals surface area contributed by atoms with Gasteiger partial charge >= 0.3 is 0 Å². The van der Waals surface area contributed by atoms with Crippen LogP contribution in [0, 0.1) is 5.82 Å². The lowest BCUT2D eigenvalue weighted by molar-refractivity contribution is -0.132. The molecule has 1 aliphatic heterocycles. The zero-order valence-electron chi connectivity index (χ0n) is 23.0. The van der Waals surface area contributed by atoms with Crippen LogP contribution in [0.3, 0.4) is 0 Å². The van der Waals surface area contributed by atoms with Gasteiger partial charge in [0.2, 0.25) is 5.91 Å². The third-order valence-corrected chi connectivity index (χ3v) is 7.76. The van der Waals surface area contributed by atoms with E-state index in [0.717, 1.165) is 52.4 Å². The molecule has 1 amide bonds. The Bertz CT molecular complexity index is 1690. The Balaban J connectivity index is 1.24. The Labute approximate surface area is 238 Å². The van der Waals surface area contributed by atoms with Crippen molar-refractivity contribution >= 4 is 17.3 Å². The van der Waals surface area contributed by atoms with Crippen molar-refractivity contribution in [2.75, 3.05) is 26.2 Å². The molecule has 5 aromatic rings. The van der Waals surface area contributed by atoms with E-state index in [1.807, 2.05) is 53.4 Å². The molecule has 41 heavy (non-hydrogen) atoms. The van der Waals surface area contributed by atoms with Gasteiger partial charge in [0.25, 0.3) is 0 Å². The molecule has 0 unspecified atom stereocenters. The average molecular weight is 547 g/mol. The number of fused-ring (bicyclic) bond motifs is 1. The van der Waals surface area contributed by atoms with Crippen molar-refractivity contribution in [2.24, 2.45) is 0 Å². The van der Waals surface area contributed by atoms with Crippen molar-refractivity contribution in [1.82, 2.24) is 19.2 Å². The molecule has 0 N–H and O–H groups in total. The van der Waals surface area contributed by atoms with Gasteiger partial charge in [0.1, 0.15) is 11.5 Å². The number of aromatic nitrogens is 2. The van der Waals surface area contributed by atoms with Crippen LogP contribution < -0.4 is 0 Å². The van der Waals surface area contributed by atoms with Crippen LogP contribution in [-0.4, -0.2) is 57.1 Å². The van der Waals surface area contributed by atoms with Gasteiger partial charge in [-0.1, -0.05) is 66.7 Å². The first-order valence-corrected chi connectivity index (χ1v) is 13.9. The van der Waals surface area contributed by atoms with Gasteiger partial charge in [-0.05, 0) is 47.9 Å². The highest BCUT2D eigenvalue weighted by molar-refractivity contribution is 5.94. The topological polar surface area (TPSA) is 57.9 Å². The molecule has 0 aliphatic carbocycles. The first-order valence-electron chi connectivity index (χ1n) is 13.9. The van der Waals surface area contributed by atoms with Crippen LogP contribution in [0.1, 0.15) is 28.5 Å². The number of benzene rings is 3. The van der Waals surface area contributed by atoms with E-state index in [-0.39, 0.29) is 23.9 Å². The second kappa shape index (κ2) is 11.5. The van der Waals surface area contributed by atoms with E-state index in [1.54, 1.807) is 19.1 Å². The number of halogens is 1. The highest BCUT2D eigenvalue weighted by Gasteiger charge is 2.24. The normalized spacial score (nSPS) is 14.0. The molecular weight excluding hydrogens is 515 g/mol. The number of ketones is 1. The highest BCUT2D eigenvalue weighted by Crippen LogP contribution is 2.29. The second-order valence-corrected chi connectivity index (χ2v) is 10.5. The molecule has 2 aromatic heterocycles. The molecule has 206 valence electrons. The number of amides is 1. The predicted octanol–water partition coefficient (Wildman–Crippen LogP) is 5.90. The molecule has 0 spiro atoms. The predicted molar refractivity (Wildman–Crippen MR) is 158 cm³/mol. The molecule has 6 rings (SSSR count). The summed E-state index contributed by atoms with van der Waals surface area (Å²) in [5.41, 5.74) is 7.57. The van der Waals surface area contributed by atoms with Crippen LogP contribution in [0.4, 0.5) is 4.39 Å². The minimum absolute atomic E-state index is 0.0497. The third kappa shape index (κ3) is 5.81. The molecule has 3 aromatic carbocycles. The van der Waals surface area contributed by atoms with Crippen LogP contribution in [-0.2, 0) is 17.8 Å². The molecular formula is C34H31FN4O2. The summed E-state index contributed by atoms with van der Waals surface area (Å²) >= 11 is 0. The summed E-state index contributed by atoms with van der Waals surface area (Å²) in [6.07, 6.45) is 2.40. The van der Waals surface area contributed by atoms with Crippen LogP contribution in [0.15, 0.2) is 97.2 Å². The fourth-order valence-corrected chi connectivity index (χ4v) is 5.40. The summed E-state index contributed by atoms with van der Waals surface area (Å²) in [4.78, 5) is 33.9. The van der Waals surface area contributed by atoms with Gasteiger partial charge in [-0.15, -0.1) is 0 Å². The number of carbonyl (C=O) groups excluding carboxylic acids is 2. The monoisotopic (exact) mass is 546 g/mol.